The summed E-state index contributed by atoms with van der Waals surface area (Å²) in [7, 11) is 0. The van der Waals surface area contributed by atoms with E-state index in [1.165, 1.54) is 6.42 Å². The number of urea groups is 1. The molecule has 1 aliphatic rings. The third-order valence-electron chi connectivity index (χ3n) is 6.00. The Labute approximate surface area is 245 Å². The minimum absolute atomic E-state index is 0.134. The zero-order valence-electron chi connectivity index (χ0n) is 24.2. The highest BCUT2D eigenvalue weighted by Crippen LogP contribution is 2.19. The number of carbonyl (C=O) groups is 2. The fourth-order valence-electron chi connectivity index (χ4n) is 3.74. The number of aliphatic carboxylic acids is 1. The molecule has 0 unspecified atom stereocenters. The van der Waals surface area contributed by atoms with Crippen molar-refractivity contribution in [3.63, 3.8) is 0 Å². The van der Waals surface area contributed by atoms with Crippen LogP contribution in [0.3, 0.4) is 0 Å². The number of allylic oxidation sites excluding steroid dienone is 1. The second-order valence-corrected chi connectivity index (χ2v) is 9.43. The van der Waals surface area contributed by atoms with Gasteiger partial charge in [0.1, 0.15) is 5.75 Å². The van der Waals surface area contributed by atoms with Crippen LogP contribution in [0.1, 0.15) is 63.9 Å². The van der Waals surface area contributed by atoms with Crippen LogP contribution in [0.15, 0.2) is 46.4 Å². The smallest absolute Gasteiger partial charge is 0.490 e. The van der Waals surface area contributed by atoms with Crippen LogP contribution < -0.4 is 26.8 Å². The van der Waals surface area contributed by atoms with E-state index < -0.39 is 12.1 Å². The molecule has 0 aromatic heterocycles. The molecule has 0 bridgehead atoms. The van der Waals surface area contributed by atoms with Gasteiger partial charge in [-0.05, 0) is 38.7 Å². The number of aliphatic imine (C=N–C) groups is 2. The molecule has 2 rings (SSSR count). The van der Waals surface area contributed by atoms with E-state index in [0.29, 0.717) is 38.7 Å². The molecule has 0 saturated carbocycles. The first kappa shape index (κ1) is 36.1. The van der Waals surface area contributed by atoms with Crippen molar-refractivity contribution in [2.24, 2.45) is 21.5 Å². The van der Waals surface area contributed by atoms with Gasteiger partial charge in [-0.1, -0.05) is 56.0 Å². The van der Waals surface area contributed by atoms with E-state index in [1.807, 2.05) is 48.2 Å². The first-order valence-corrected chi connectivity index (χ1v) is 14.1. The molecule has 0 fully saturated rings. The molecule has 1 aromatic rings. The molecule has 1 aromatic carbocycles. The molecule has 0 atom stereocenters. The number of para-hydroxylation sites is 1. The van der Waals surface area contributed by atoms with Gasteiger partial charge in [0, 0.05) is 25.2 Å². The molecule has 1 heterocycles. The Hall–Kier alpha value is -3.97. The highest BCUT2D eigenvalue weighted by Gasteiger charge is 2.38. The lowest BCUT2D eigenvalue weighted by Gasteiger charge is -2.23. The summed E-state index contributed by atoms with van der Waals surface area (Å²) in [6, 6.07) is 7.62. The number of hydrogen-bond acceptors (Lipinski definition) is 6. The standard InChI is InChI=1S/C26H43N7O2.C2HF3O2/c1-2-3-16-29-24(27)30-17-10-6-4-5-7-11-18-33-19-12-13-20-35-23-15-9-8-14-22(23)21-31-25(28)32-26(33)34;3-2(4,5)1(6)7/h2-3,8-9,14-15H,4-7,10-13,16-21H2,1H3,(H3,27,29,30)(H3,28,31,32,34);(H,6,7)/b3-2+;. The van der Waals surface area contributed by atoms with Gasteiger partial charge in [0.05, 0.1) is 19.7 Å². The van der Waals surface area contributed by atoms with Crippen LogP contribution in [-0.4, -0.2) is 72.9 Å². The van der Waals surface area contributed by atoms with Crippen molar-refractivity contribution in [3.8, 4) is 5.75 Å². The number of guanidine groups is 2. The Morgan fingerprint density at radius 3 is 2.55 bits per heavy atom. The molecule has 0 saturated heterocycles. The van der Waals surface area contributed by atoms with Crippen LogP contribution in [0.25, 0.3) is 0 Å². The van der Waals surface area contributed by atoms with Crippen molar-refractivity contribution in [3.05, 3.63) is 42.0 Å². The minimum Gasteiger partial charge on any atom is -0.493 e. The van der Waals surface area contributed by atoms with E-state index >= 15 is 0 Å². The summed E-state index contributed by atoms with van der Waals surface area (Å²) in [6.45, 7) is 5.80. The summed E-state index contributed by atoms with van der Waals surface area (Å²) in [4.78, 5) is 32.0. The second kappa shape index (κ2) is 20.8. The number of fused-ring (bicyclic) bond motifs is 1. The van der Waals surface area contributed by atoms with Gasteiger partial charge in [-0.25, -0.2) is 19.6 Å². The third kappa shape index (κ3) is 17.0. The lowest BCUT2D eigenvalue weighted by atomic mass is 10.1. The van der Waals surface area contributed by atoms with Gasteiger partial charge < -0.3 is 31.5 Å². The number of alkyl halides is 3. The van der Waals surface area contributed by atoms with Crippen molar-refractivity contribution in [1.82, 2.24) is 15.5 Å². The molecule has 7 N–H and O–H groups in total. The van der Waals surface area contributed by atoms with E-state index in [1.54, 1.807) is 0 Å². The average molecular weight is 600 g/mol. The quantitative estimate of drug-likeness (QED) is 0.110. The number of ether oxygens (including phenoxy) is 1. The summed E-state index contributed by atoms with van der Waals surface area (Å²) in [5.74, 6) is -1.30. The van der Waals surface area contributed by atoms with Gasteiger partial charge in [-0.3, -0.25) is 5.32 Å². The second-order valence-electron chi connectivity index (χ2n) is 9.43. The number of carbonyl (C=O) groups excluding carboxylic acids is 1. The highest BCUT2D eigenvalue weighted by atomic mass is 19.4. The van der Waals surface area contributed by atoms with Crippen LogP contribution in [0.4, 0.5) is 18.0 Å². The van der Waals surface area contributed by atoms with Gasteiger partial charge in [-0.2, -0.15) is 13.2 Å². The predicted octanol–water partition coefficient (Wildman–Crippen LogP) is 4.14. The number of nitrogens with two attached hydrogens (primary N) is 2. The van der Waals surface area contributed by atoms with Crippen LogP contribution in [-0.2, 0) is 11.3 Å². The summed E-state index contributed by atoms with van der Waals surface area (Å²) in [6.07, 6.45) is 7.19. The first-order chi connectivity index (χ1) is 20.0. The maximum atomic E-state index is 12.7. The van der Waals surface area contributed by atoms with E-state index in [2.05, 4.69) is 20.6 Å². The van der Waals surface area contributed by atoms with Crippen LogP contribution >= 0.6 is 0 Å². The Morgan fingerprint density at radius 2 is 1.86 bits per heavy atom. The summed E-state index contributed by atoms with van der Waals surface area (Å²) in [5.41, 5.74) is 12.7. The number of rotatable bonds is 11. The van der Waals surface area contributed by atoms with E-state index in [9.17, 15) is 18.0 Å². The van der Waals surface area contributed by atoms with Crippen molar-refractivity contribution >= 4 is 23.9 Å². The third-order valence-corrected chi connectivity index (χ3v) is 6.00. The topological polar surface area (TPSA) is 168 Å². The molecular weight excluding hydrogens is 555 g/mol. The molecule has 1 aliphatic heterocycles. The van der Waals surface area contributed by atoms with Gasteiger partial charge >= 0.3 is 18.2 Å². The number of nitrogens with zero attached hydrogens (tertiary/aromatic N) is 3. The lowest BCUT2D eigenvalue weighted by molar-refractivity contribution is -0.192. The Balaban J connectivity index is 0.00000112. The zero-order chi connectivity index (χ0) is 31.2. The number of halogens is 3. The average Bonchev–Trinajstić information content (AvgIpc) is 2.95. The van der Waals surface area contributed by atoms with Crippen LogP contribution in [0.2, 0.25) is 0 Å². The number of unbranched alkanes of at least 4 members (excludes halogenated alkanes) is 5. The molecule has 14 heteroatoms. The van der Waals surface area contributed by atoms with E-state index in [4.69, 9.17) is 26.1 Å². The van der Waals surface area contributed by atoms with Crippen molar-refractivity contribution in [1.29, 1.82) is 0 Å². The number of carboxylic acid groups (broad SMARTS) is 1. The lowest BCUT2D eigenvalue weighted by Crippen LogP contribution is -2.46. The van der Waals surface area contributed by atoms with E-state index in [0.717, 1.165) is 62.8 Å². The highest BCUT2D eigenvalue weighted by molar-refractivity contribution is 5.95. The largest absolute Gasteiger partial charge is 0.493 e. The van der Waals surface area contributed by atoms with E-state index in [-0.39, 0.29) is 12.0 Å². The zero-order valence-corrected chi connectivity index (χ0v) is 24.2. The monoisotopic (exact) mass is 599 g/mol. The van der Waals surface area contributed by atoms with Gasteiger partial charge in [0.2, 0.25) is 0 Å². The first-order valence-electron chi connectivity index (χ1n) is 14.1. The number of benzene rings is 1. The summed E-state index contributed by atoms with van der Waals surface area (Å²) >= 11 is 0. The summed E-state index contributed by atoms with van der Waals surface area (Å²) in [5, 5.41) is 13.0. The number of carboxylic acids is 1. The van der Waals surface area contributed by atoms with Crippen LogP contribution in [0.5, 0.6) is 5.75 Å². The van der Waals surface area contributed by atoms with Gasteiger partial charge in [-0.15, -0.1) is 0 Å². The SMILES string of the molecule is C/C=C/CN=C(N)NCCCCCCCCN1CCCCOc2ccccc2CN=C(N)NC1=O.O=C(O)C(F)(F)F. The molecule has 42 heavy (non-hydrogen) atoms. The number of amides is 2. The molecule has 11 nitrogen and oxygen atoms in total. The molecule has 0 spiro atoms. The fourth-order valence-corrected chi connectivity index (χ4v) is 3.74. The van der Waals surface area contributed by atoms with Crippen molar-refractivity contribution in [2.45, 2.75) is 71.0 Å². The Kier molecular flexibility index (Phi) is 17.9. The minimum atomic E-state index is -5.08. The molecular formula is C28H44F3N7O4. The fraction of sp³-hybridized carbons (Fsp3) is 0.571. The Morgan fingerprint density at radius 1 is 1.19 bits per heavy atom. The van der Waals surface area contributed by atoms with Crippen LogP contribution in [0, 0.1) is 0 Å². The van der Waals surface area contributed by atoms with Gasteiger partial charge in [0.15, 0.2) is 11.9 Å². The maximum absolute atomic E-state index is 12.7. The summed E-state index contributed by atoms with van der Waals surface area (Å²) < 4.78 is 37.7. The maximum Gasteiger partial charge on any atom is 0.490 e. The van der Waals surface area contributed by atoms with Gasteiger partial charge in [0.25, 0.3) is 0 Å². The molecule has 0 radical (unpaired) electrons. The molecule has 2 amide bonds. The number of nitrogens with one attached hydrogen (secondary N) is 2. The molecule has 236 valence electrons. The Bertz CT molecular complexity index is 1030. The van der Waals surface area contributed by atoms with Crippen molar-refractivity contribution < 1.29 is 32.6 Å². The van der Waals surface area contributed by atoms with Crippen molar-refractivity contribution in [2.75, 3.05) is 32.8 Å². The predicted molar refractivity (Wildman–Crippen MR) is 157 cm³/mol. The number of hydrogen-bond donors (Lipinski definition) is 5. The molecule has 0 aliphatic carbocycles. The normalized spacial score (nSPS) is 15.0.